The maximum absolute atomic E-state index is 10.2. The number of benzene rings is 1. The summed E-state index contributed by atoms with van der Waals surface area (Å²) in [6.45, 7) is 8.55. The van der Waals surface area contributed by atoms with Crippen LogP contribution in [0.1, 0.15) is 37.8 Å². The Hall–Kier alpha value is -1.10. The molecule has 0 aliphatic carbocycles. The van der Waals surface area contributed by atoms with Crippen LogP contribution in [0.5, 0.6) is 0 Å². The minimum absolute atomic E-state index is 0.321. The molecule has 5 heteroatoms. The fraction of sp³-hybridized carbons (Fsp3) is 0.588. The van der Waals surface area contributed by atoms with Crippen LogP contribution in [0, 0.1) is 6.92 Å². The molecule has 1 aromatic carbocycles. The Morgan fingerprint density at radius 3 is 2.41 bits per heavy atom. The lowest BCUT2D eigenvalue weighted by atomic mass is 10.1. The number of amides is 1. The molecule has 22 heavy (non-hydrogen) atoms. The Kier molecular flexibility index (Phi) is 11.8. The number of likely N-dealkylation sites (tertiary alicyclic amines) is 1. The number of aryl methyl sites for hydroxylation is 1. The number of hydrogen-bond donors (Lipinski definition) is 2. The third kappa shape index (κ3) is 8.37. The van der Waals surface area contributed by atoms with E-state index in [1.807, 2.05) is 40.0 Å². The molecule has 1 aromatic rings. The number of nitrogens with zero attached hydrogens (tertiary/aromatic N) is 1. The zero-order valence-corrected chi connectivity index (χ0v) is 15.0. The summed E-state index contributed by atoms with van der Waals surface area (Å²) in [5.41, 5.74) is 7.97. The molecule has 1 heterocycles. The molecule has 1 saturated heterocycles. The van der Waals surface area contributed by atoms with Gasteiger partial charge in [0.05, 0.1) is 0 Å². The lowest BCUT2D eigenvalue weighted by Gasteiger charge is -2.26. The summed E-state index contributed by atoms with van der Waals surface area (Å²) >= 11 is 5.97. The third-order valence-electron chi connectivity index (χ3n) is 3.30. The maximum Gasteiger partial charge on any atom is 0.209 e. The second-order valence-electron chi connectivity index (χ2n) is 5.10. The van der Waals surface area contributed by atoms with E-state index in [1.54, 1.807) is 4.90 Å². The van der Waals surface area contributed by atoms with Crippen LogP contribution in [-0.2, 0) is 11.3 Å². The van der Waals surface area contributed by atoms with Gasteiger partial charge in [0.1, 0.15) is 0 Å². The summed E-state index contributed by atoms with van der Waals surface area (Å²) in [6.07, 6.45) is 2.81. The van der Waals surface area contributed by atoms with E-state index in [-0.39, 0.29) is 0 Å². The first kappa shape index (κ1) is 20.9. The van der Waals surface area contributed by atoms with Crippen molar-refractivity contribution >= 4 is 18.0 Å². The lowest BCUT2D eigenvalue weighted by Crippen LogP contribution is -2.38. The molecule has 0 bridgehead atoms. The van der Waals surface area contributed by atoms with Gasteiger partial charge in [-0.05, 0) is 44.0 Å². The summed E-state index contributed by atoms with van der Waals surface area (Å²) in [5, 5.41) is 3.91. The van der Waals surface area contributed by atoms with Crippen LogP contribution in [0.2, 0.25) is 5.02 Å². The van der Waals surface area contributed by atoms with E-state index in [1.165, 1.54) is 5.56 Å². The predicted octanol–water partition coefficient (Wildman–Crippen LogP) is 2.96. The molecule has 126 valence electrons. The quantitative estimate of drug-likeness (QED) is 0.839. The molecule has 4 nitrogen and oxygen atoms in total. The zero-order valence-electron chi connectivity index (χ0n) is 14.2. The van der Waals surface area contributed by atoms with Crippen molar-refractivity contribution in [3.8, 4) is 0 Å². The van der Waals surface area contributed by atoms with E-state index in [4.69, 9.17) is 17.3 Å². The van der Waals surface area contributed by atoms with Gasteiger partial charge in [0.2, 0.25) is 6.41 Å². The SMILES string of the molecule is CC.CNCc1ccc(C)cc1Cl.NC1CCN(C=O)CC1. The molecule has 1 aliphatic heterocycles. The fourth-order valence-electron chi connectivity index (χ4n) is 2.01. The van der Waals surface area contributed by atoms with Gasteiger partial charge >= 0.3 is 0 Å². The Bertz CT molecular complexity index is 418. The van der Waals surface area contributed by atoms with Crippen molar-refractivity contribution < 1.29 is 4.79 Å². The van der Waals surface area contributed by atoms with Gasteiger partial charge in [-0.2, -0.15) is 0 Å². The number of nitrogens with one attached hydrogen (secondary N) is 1. The summed E-state index contributed by atoms with van der Waals surface area (Å²) in [4.78, 5) is 11.9. The van der Waals surface area contributed by atoms with Gasteiger partial charge < -0.3 is 16.0 Å². The highest BCUT2D eigenvalue weighted by Crippen LogP contribution is 2.16. The second kappa shape index (κ2) is 12.4. The smallest absolute Gasteiger partial charge is 0.209 e. The lowest BCUT2D eigenvalue weighted by molar-refractivity contribution is -0.119. The van der Waals surface area contributed by atoms with Crippen molar-refractivity contribution in [3.63, 3.8) is 0 Å². The fourth-order valence-corrected chi connectivity index (χ4v) is 2.31. The highest BCUT2D eigenvalue weighted by Gasteiger charge is 2.13. The van der Waals surface area contributed by atoms with Crippen molar-refractivity contribution in [1.29, 1.82) is 0 Å². The van der Waals surface area contributed by atoms with Gasteiger partial charge in [-0.15, -0.1) is 0 Å². The Balaban J connectivity index is 0.000000366. The highest BCUT2D eigenvalue weighted by atomic mass is 35.5. The maximum atomic E-state index is 10.2. The van der Waals surface area contributed by atoms with Crippen LogP contribution in [0.4, 0.5) is 0 Å². The number of halogens is 1. The molecule has 0 radical (unpaired) electrons. The first-order valence-corrected chi connectivity index (χ1v) is 8.29. The number of nitrogens with two attached hydrogens (primary N) is 1. The molecular weight excluding hydrogens is 298 g/mol. The van der Waals surface area contributed by atoms with Crippen molar-refractivity contribution in [3.05, 3.63) is 34.3 Å². The number of piperidine rings is 1. The summed E-state index contributed by atoms with van der Waals surface area (Å²) < 4.78 is 0. The van der Waals surface area contributed by atoms with Crippen molar-refractivity contribution in [2.45, 2.75) is 46.2 Å². The van der Waals surface area contributed by atoms with Gasteiger partial charge in [-0.1, -0.05) is 37.6 Å². The number of carbonyl (C=O) groups excluding carboxylic acids is 1. The van der Waals surface area contributed by atoms with E-state index in [0.717, 1.165) is 49.5 Å². The average molecular weight is 328 g/mol. The largest absolute Gasteiger partial charge is 0.345 e. The molecule has 0 aromatic heterocycles. The highest BCUT2D eigenvalue weighted by molar-refractivity contribution is 6.31. The van der Waals surface area contributed by atoms with E-state index in [0.29, 0.717) is 6.04 Å². The molecule has 0 spiro atoms. The van der Waals surface area contributed by atoms with Gasteiger partial charge in [-0.3, -0.25) is 4.79 Å². The summed E-state index contributed by atoms with van der Waals surface area (Å²) in [6, 6.07) is 6.42. The van der Waals surface area contributed by atoms with Crippen molar-refractivity contribution in [1.82, 2.24) is 10.2 Å². The van der Waals surface area contributed by atoms with Crippen LogP contribution in [0.3, 0.4) is 0 Å². The molecule has 0 saturated carbocycles. The van der Waals surface area contributed by atoms with E-state index >= 15 is 0 Å². The molecule has 0 unspecified atom stereocenters. The van der Waals surface area contributed by atoms with Gasteiger partial charge in [0.25, 0.3) is 0 Å². The molecule has 1 amide bonds. The Morgan fingerprint density at radius 1 is 1.36 bits per heavy atom. The van der Waals surface area contributed by atoms with Gasteiger partial charge in [0, 0.05) is 30.7 Å². The number of carbonyl (C=O) groups is 1. The van der Waals surface area contributed by atoms with Crippen LogP contribution in [0.25, 0.3) is 0 Å². The first-order valence-electron chi connectivity index (χ1n) is 7.91. The van der Waals surface area contributed by atoms with Crippen LogP contribution < -0.4 is 11.1 Å². The standard InChI is InChI=1S/C9H12ClN.C6H12N2O.C2H6/c1-7-3-4-8(6-11-2)9(10)5-7;7-6-1-3-8(5-9)4-2-6;1-2/h3-5,11H,6H2,1-2H3;5-6H,1-4,7H2;1-2H3. The van der Waals surface area contributed by atoms with Crippen LogP contribution in [0.15, 0.2) is 18.2 Å². The second-order valence-corrected chi connectivity index (χ2v) is 5.51. The normalized spacial score (nSPS) is 14.4. The minimum atomic E-state index is 0.321. The Morgan fingerprint density at radius 2 is 1.95 bits per heavy atom. The summed E-state index contributed by atoms with van der Waals surface area (Å²) in [7, 11) is 1.91. The first-order chi connectivity index (χ1) is 10.6. The Labute approximate surface area is 140 Å². The molecule has 0 atom stereocenters. The predicted molar refractivity (Wildman–Crippen MR) is 95.1 cm³/mol. The van der Waals surface area contributed by atoms with Crippen molar-refractivity contribution in [2.24, 2.45) is 5.73 Å². The van der Waals surface area contributed by atoms with Gasteiger partial charge in [-0.25, -0.2) is 0 Å². The molecule has 3 N–H and O–H groups in total. The molecular formula is C17H30ClN3O. The molecule has 1 aliphatic rings. The van der Waals surface area contributed by atoms with E-state index in [2.05, 4.69) is 11.4 Å². The number of rotatable bonds is 3. The summed E-state index contributed by atoms with van der Waals surface area (Å²) in [5.74, 6) is 0. The third-order valence-corrected chi connectivity index (χ3v) is 3.65. The molecule has 2 rings (SSSR count). The van der Waals surface area contributed by atoms with Crippen LogP contribution in [-0.4, -0.2) is 37.5 Å². The topological polar surface area (TPSA) is 58.4 Å². The number of hydrogen-bond acceptors (Lipinski definition) is 3. The zero-order chi connectivity index (χ0) is 17.0. The molecule has 1 fully saturated rings. The monoisotopic (exact) mass is 327 g/mol. The van der Waals surface area contributed by atoms with E-state index in [9.17, 15) is 4.79 Å². The minimum Gasteiger partial charge on any atom is -0.345 e. The van der Waals surface area contributed by atoms with Crippen molar-refractivity contribution in [2.75, 3.05) is 20.1 Å². The average Bonchev–Trinajstić information content (AvgIpc) is 2.54. The van der Waals surface area contributed by atoms with E-state index < -0.39 is 0 Å². The van der Waals surface area contributed by atoms with Crippen LogP contribution >= 0.6 is 11.6 Å². The van der Waals surface area contributed by atoms with Gasteiger partial charge in [0.15, 0.2) is 0 Å².